The molecule has 3 aromatic rings. The maximum atomic E-state index is 12.8. The molecule has 1 N–H and O–H groups in total. The van der Waals surface area contributed by atoms with Crippen molar-refractivity contribution in [2.45, 2.75) is 19.6 Å². The van der Waals surface area contributed by atoms with Crippen LogP contribution in [0, 0.1) is 17.1 Å². The second-order valence-corrected chi connectivity index (χ2v) is 12.9. The van der Waals surface area contributed by atoms with Crippen LogP contribution in [0.2, 0.25) is 0 Å². The molecule has 33 heavy (non-hydrogen) atoms. The zero-order valence-corrected chi connectivity index (χ0v) is 20.2. The number of carbonyl (C=O) groups is 1. The Bertz CT molecular complexity index is 1180. The van der Waals surface area contributed by atoms with Crippen molar-refractivity contribution in [2.75, 3.05) is 38.5 Å². The molecule has 174 valence electrons. The number of aromatic nitrogens is 1. The quantitative estimate of drug-likeness (QED) is 0.525. The Balaban J connectivity index is 1.46. The van der Waals surface area contributed by atoms with E-state index in [1.807, 2.05) is 12.1 Å². The Morgan fingerprint density at radius 1 is 1.18 bits per heavy atom. The summed E-state index contributed by atoms with van der Waals surface area (Å²) in [6.45, 7) is 2.58. The molecule has 1 aliphatic rings. The van der Waals surface area contributed by atoms with Crippen LogP contribution in [0.5, 0.6) is 0 Å². The van der Waals surface area contributed by atoms with Crippen LogP contribution in [0.25, 0.3) is 10.8 Å². The van der Waals surface area contributed by atoms with Crippen molar-refractivity contribution in [1.29, 1.82) is 0 Å². The van der Waals surface area contributed by atoms with Crippen molar-refractivity contribution < 1.29 is 18.8 Å². The number of carbonyl (C=O) groups excluding carboxylic acids is 1. The predicted molar refractivity (Wildman–Crippen MR) is 132 cm³/mol. The molecule has 7 heteroatoms. The van der Waals surface area contributed by atoms with Crippen LogP contribution in [0.1, 0.15) is 33.8 Å². The minimum absolute atomic E-state index is 0.188. The maximum absolute atomic E-state index is 12.8. The highest BCUT2D eigenvalue weighted by Crippen LogP contribution is 2.32. The van der Waals surface area contributed by atoms with Gasteiger partial charge >= 0.3 is 0 Å². The number of ether oxygens (including phenoxy) is 2. The van der Waals surface area contributed by atoms with E-state index in [2.05, 4.69) is 70.7 Å². The van der Waals surface area contributed by atoms with E-state index in [1.165, 1.54) is 10.8 Å². The molecule has 2 heterocycles. The molecule has 1 fully saturated rings. The molecular weight excluding hydrogens is 436 g/mol. The Labute approximate surface area is 196 Å². The summed E-state index contributed by atoms with van der Waals surface area (Å²) in [4.78, 5) is 12.8. The average Bonchev–Trinajstić information content (AvgIpc) is 3.45. The van der Waals surface area contributed by atoms with Crippen LogP contribution in [0.15, 0.2) is 47.0 Å². The number of hydrogen-bond donors (Lipinski definition) is 1. The largest absolute Gasteiger partial charge is 0.381 e. The van der Waals surface area contributed by atoms with E-state index in [-0.39, 0.29) is 18.2 Å². The van der Waals surface area contributed by atoms with Crippen molar-refractivity contribution >= 4 is 26.7 Å². The number of fused-ring (bicyclic) bond motifs is 1. The molecule has 0 aliphatic carbocycles. The van der Waals surface area contributed by atoms with Gasteiger partial charge < -0.3 is 19.3 Å². The highest BCUT2D eigenvalue weighted by atomic mass is 32.3. The third-order valence-electron chi connectivity index (χ3n) is 5.35. The lowest BCUT2D eigenvalue weighted by Gasteiger charge is -2.14. The van der Waals surface area contributed by atoms with E-state index >= 15 is 0 Å². The standard InChI is InChI=1S/C26H30N2O4S/c1-33(2,3)13-11-23-24(32-28-25(23)26(29)27-15-20-10-12-30-17-20)18-31-16-19-8-9-21-6-4-5-7-22(21)14-19/h4-9,14,20H,10,12,15-18H2,1-3H3,(H,27,29). The molecule has 1 unspecified atom stereocenters. The molecule has 1 saturated heterocycles. The van der Waals surface area contributed by atoms with E-state index in [9.17, 15) is 4.79 Å². The summed E-state index contributed by atoms with van der Waals surface area (Å²) in [6.07, 6.45) is 7.25. The number of nitrogens with one attached hydrogen (secondary N) is 1. The van der Waals surface area contributed by atoms with Crippen molar-refractivity contribution in [2.24, 2.45) is 5.92 Å². The lowest BCUT2D eigenvalue weighted by Crippen LogP contribution is -2.30. The third-order valence-corrected chi connectivity index (χ3v) is 6.07. The molecule has 0 saturated carbocycles. The lowest BCUT2D eigenvalue weighted by atomic mass is 10.1. The van der Waals surface area contributed by atoms with Crippen LogP contribution < -0.4 is 5.32 Å². The van der Waals surface area contributed by atoms with Gasteiger partial charge in [0.2, 0.25) is 0 Å². The first-order valence-corrected chi connectivity index (χ1v) is 13.9. The predicted octanol–water partition coefficient (Wildman–Crippen LogP) is 4.31. The smallest absolute Gasteiger partial charge is 0.274 e. The van der Waals surface area contributed by atoms with Gasteiger partial charge in [-0.05, 0) is 52.8 Å². The minimum Gasteiger partial charge on any atom is -0.381 e. The fourth-order valence-corrected chi connectivity index (χ4v) is 3.97. The number of benzene rings is 2. The van der Waals surface area contributed by atoms with Gasteiger partial charge in [-0.2, -0.15) is 10.0 Å². The molecule has 1 aliphatic heterocycles. The number of hydrogen-bond acceptors (Lipinski definition) is 5. The number of nitrogens with zero attached hydrogens (tertiary/aromatic N) is 1. The summed E-state index contributed by atoms with van der Waals surface area (Å²) in [5, 5.41) is 12.6. The summed E-state index contributed by atoms with van der Waals surface area (Å²) in [5.41, 5.74) is 1.79. The maximum Gasteiger partial charge on any atom is 0.274 e. The van der Waals surface area contributed by atoms with Gasteiger partial charge in [0.15, 0.2) is 11.5 Å². The van der Waals surface area contributed by atoms with Gasteiger partial charge in [-0.15, -0.1) is 0 Å². The number of rotatable bonds is 7. The van der Waals surface area contributed by atoms with Gasteiger partial charge in [-0.1, -0.05) is 47.5 Å². The fourth-order valence-electron chi connectivity index (χ4n) is 3.57. The van der Waals surface area contributed by atoms with E-state index in [4.69, 9.17) is 14.0 Å². The molecule has 0 bridgehead atoms. The Kier molecular flexibility index (Phi) is 7.39. The Morgan fingerprint density at radius 3 is 2.76 bits per heavy atom. The molecule has 1 aromatic heterocycles. The Morgan fingerprint density at radius 2 is 2.00 bits per heavy atom. The lowest BCUT2D eigenvalue weighted by molar-refractivity contribution is 0.0876. The zero-order valence-electron chi connectivity index (χ0n) is 19.3. The highest BCUT2D eigenvalue weighted by molar-refractivity contribution is 8.35. The summed E-state index contributed by atoms with van der Waals surface area (Å²) in [5.74, 6) is 3.68. The fraction of sp³-hybridized carbons (Fsp3) is 0.385. The summed E-state index contributed by atoms with van der Waals surface area (Å²) >= 11 is 0. The van der Waals surface area contributed by atoms with Crippen molar-refractivity contribution in [3.63, 3.8) is 0 Å². The molecule has 6 nitrogen and oxygen atoms in total. The normalized spacial score (nSPS) is 16.4. The van der Waals surface area contributed by atoms with Crippen LogP contribution in [-0.4, -0.2) is 49.6 Å². The first kappa shape index (κ1) is 23.4. The SMILES string of the molecule is CS(C)(C)C#Cc1c(C(=O)NCC2CCOC2)noc1COCc1ccc2ccccc2c1. The van der Waals surface area contributed by atoms with Gasteiger partial charge in [-0.3, -0.25) is 4.79 Å². The van der Waals surface area contributed by atoms with E-state index in [0.717, 1.165) is 18.6 Å². The summed E-state index contributed by atoms with van der Waals surface area (Å²) < 4.78 is 16.8. The topological polar surface area (TPSA) is 73.6 Å². The van der Waals surface area contributed by atoms with Gasteiger partial charge in [0.05, 0.1) is 13.2 Å². The van der Waals surface area contributed by atoms with Crippen molar-refractivity contribution in [3.05, 3.63) is 65.0 Å². The van der Waals surface area contributed by atoms with E-state index < -0.39 is 10.0 Å². The molecule has 0 radical (unpaired) electrons. The molecule has 0 spiro atoms. The summed E-state index contributed by atoms with van der Waals surface area (Å²) in [7, 11) is -1.09. The Hall–Kier alpha value is -2.79. The van der Waals surface area contributed by atoms with Crippen molar-refractivity contribution in [3.8, 4) is 11.2 Å². The van der Waals surface area contributed by atoms with Crippen LogP contribution in [0.4, 0.5) is 0 Å². The second kappa shape index (κ2) is 10.4. The minimum atomic E-state index is -1.09. The van der Waals surface area contributed by atoms with Crippen LogP contribution in [0.3, 0.4) is 0 Å². The molecule has 1 atom stereocenters. The van der Waals surface area contributed by atoms with Gasteiger partial charge in [0, 0.05) is 19.1 Å². The highest BCUT2D eigenvalue weighted by Gasteiger charge is 2.23. The van der Waals surface area contributed by atoms with Crippen molar-refractivity contribution in [1.82, 2.24) is 10.5 Å². The molecule has 1 amide bonds. The monoisotopic (exact) mass is 466 g/mol. The zero-order chi connectivity index (χ0) is 23.3. The van der Waals surface area contributed by atoms with Gasteiger partial charge in [-0.25, -0.2) is 0 Å². The van der Waals surface area contributed by atoms with Gasteiger partial charge in [0.1, 0.15) is 12.2 Å². The van der Waals surface area contributed by atoms with Crippen LogP contribution in [-0.2, 0) is 22.7 Å². The van der Waals surface area contributed by atoms with Gasteiger partial charge in [0.25, 0.3) is 5.91 Å². The molecular formula is C26H30N2O4S. The number of amides is 1. The average molecular weight is 467 g/mol. The first-order chi connectivity index (χ1) is 15.9. The second-order valence-electron chi connectivity index (χ2n) is 9.01. The first-order valence-electron chi connectivity index (χ1n) is 11.0. The van der Waals surface area contributed by atoms with E-state index in [1.54, 1.807) is 0 Å². The van der Waals surface area contributed by atoms with E-state index in [0.29, 0.717) is 37.0 Å². The third kappa shape index (κ3) is 6.38. The summed E-state index contributed by atoms with van der Waals surface area (Å²) in [6, 6.07) is 14.5. The van der Waals surface area contributed by atoms with Crippen LogP contribution >= 0.6 is 10.0 Å². The molecule has 4 rings (SSSR count). The molecule has 2 aromatic carbocycles.